The van der Waals surface area contributed by atoms with Crippen molar-refractivity contribution in [2.45, 2.75) is 0 Å². The summed E-state index contributed by atoms with van der Waals surface area (Å²) in [6.45, 7) is 0. The zero-order valence-corrected chi connectivity index (χ0v) is 19.5. The second-order valence-corrected chi connectivity index (χ2v) is 7.89. The van der Waals surface area contributed by atoms with Gasteiger partial charge >= 0.3 is 0 Å². The highest BCUT2D eigenvalue weighted by Crippen LogP contribution is 2.38. The number of benzene rings is 3. The van der Waals surface area contributed by atoms with Crippen molar-refractivity contribution >= 4 is 5.69 Å². The number of methoxy groups -OCH3 is 2. The standard InChI is InChI=1S/C28H21N3O5/c1-34-20-11-7-18(8-12-20)24-17-23(28(30-29-24)19-9-13-21(35-2)14-10-19)27-16-15-26(36-27)22-5-3-4-6-25(22)31(32)33/h3-17H,1-2H3. The van der Waals surface area contributed by atoms with Crippen LogP contribution in [0.3, 0.4) is 0 Å². The van der Waals surface area contributed by atoms with Crippen molar-refractivity contribution in [3.8, 4) is 56.7 Å². The smallest absolute Gasteiger partial charge is 0.280 e. The minimum Gasteiger partial charge on any atom is -0.497 e. The van der Waals surface area contributed by atoms with Gasteiger partial charge in [0, 0.05) is 22.8 Å². The monoisotopic (exact) mass is 479 g/mol. The van der Waals surface area contributed by atoms with Gasteiger partial charge < -0.3 is 13.9 Å². The van der Waals surface area contributed by atoms with Crippen molar-refractivity contribution in [2.75, 3.05) is 14.2 Å². The third-order valence-electron chi connectivity index (χ3n) is 5.78. The summed E-state index contributed by atoms with van der Waals surface area (Å²) in [7, 11) is 3.22. The van der Waals surface area contributed by atoms with Crippen molar-refractivity contribution in [3.05, 3.63) is 101 Å². The molecule has 0 aliphatic carbocycles. The summed E-state index contributed by atoms with van der Waals surface area (Å²) in [5.41, 5.74) is 4.01. The second kappa shape index (κ2) is 9.71. The van der Waals surface area contributed by atoms with E-state index < -0.39 is 4.92 Å². The average Bonchev–Trinajstić information content (AvgIpc) is 3.43. The predicted octanol–water partition coefficient (Wildman–Crippen LogP) is 6.66. The highest BCUT2D eigenvalue weighted by Gasteiger charge is 2.20. The Morgan fingerprint density at radius 2 is 1.31 bits per heavy atom. The maximum absolute atomic E-state index is 11.5. The van der Waals surface area contributed by atoms with Crippen LogP contribution in [0.2, 0.25) is 0 Å². The number of nitro benzene ring substituents is 1. The van der Waals surface area contributed by atoms with Gasteiger partial charge in [-0.1, -0.05) is 12.1 Å². The molecule has 0 unspecified atom stereocenters. The van der Waals surface area contributed by atoms with Crippen LogP contribution >= 0.6 is 0 Å². The van der Waals surface area contributed by atoms with Crippen molar-refractivity contribution in [3.63, 3.8) is 0 Å². The summed E-state index contributed by atoms with van der Waals surface area (Å²) in [4.78, 5) is 11.1. The van der Waals surface area contributed by atoms with Crippen LogP contribution in [0.15, 0.2) is 95.4 Å². The summed E-state index contributed by atoms with van der Waals surface area (Å²) >= 11 is 0. The molecule has 0 fully saturated rings. The Morgan fingerprint density at radius 3 is 1.92 bits per heavy atom. The topological polar surface area (TPSA) is 101 Å². The molecule has 0 spiro atoms. The maximum Gasteiger partial charge on any atom is 0.280 e. The molecule has 178 valence electrons. The van der Waals surface area contributed by atoms with Gasteiger partial charge in [0.15, 0.2) is 0 Å². The molecule has 0 bridgehead atoms. The van der Waals surface area contributed by atoms with E-state index in [2.05, 4.69) is 10.2 Å². The van der Waals surface area contributed by atoms with E-state index in [0.29, 0.717) is 34.0 Å². The van der Waals surface area contributed by atoms with Gasteiger partial charge in [-0.2, -0.15) is 0 Å². The first-order valence-corrected chi connectivity index (χ1v) is 11.1. The normalized spacial score (nSPS) is 10.7. The van der Waals surface area contributed by atoms with Gasteiger partial charge in [0.25, 0.3) is 5.69 Å². The lowest BCUT2D eigenvalue weighted by molar-refractivity contribution is -0.384. The number of para-hydroxylation sites is 1. The Labute approximate surface area is 206 Å². The molecule has 0 aliphatic rings. The minimum atomic E-state index is -0.421. The third-order valence-corrected chi connectivity index (χ3v) is 5.78. The van der Waals surface area contributed by atoms with Gasteiger partial charge in [-0.05, 0) is 72.8 Å². The molecular formula is C28H21N3O5. The molecule has 8 heteroatoms. The Balaban J connectivity index is 1.64. The SMILES string of the molecule is COc1ccc(-c2cc(-c3ccc(-c4ccccc4[N+](=O)[O-])o3)c(-c3ccc(OC)cc3)nn2)cc1. The summed E-state index contributed by atoms with van der Waals surface area (Å²) in [5.74, 6) is 2.36. The Kier molecular flexibility index (Phi) is 6.15. The largest absolute Gasteiger partial charge is 0.497 e. The predicted molar refractivity (Wildman–Crippen MR) is 136 cm³/mol. The van der Waals surface area contributed by atoms with Crippen molar-refractivity contribution in [1.29, 1.82) is 0 Å². The fraction of sp³-hybridized carbons (Fsp3) is 0.0714. The number of hydrogen-bond donors (Lipinski definition) is 0. The fourth-order valence-electron chi connectivity index (χ4n) is 3.91. The first kappa shape index (κ1) is 22.8. The number of hydrogen-bond acceptors (Lipinski definition) is 7. The van der Waals surface area contributed by atoms with Crippen LogP contribution in [-0.2, 0) is 0 Å². The Hall–Kier alpha value is -4.98. The van der Waals surface area contributed by atoms with Gasteiger partial charge in [0.2, 0.25) is 0 Å². The summed E-state index contributed by atoms with van der Waals surface area (Å²) in [5, 5.41) is 20.5. The molecule has 0 saturated carbocycles. The van der Waals surface area contributed by atoms with Crippen molar-refractivity contribution < 1.29 is 18.8 Å². The summed E-state index contributed by atoms with van der Waals surface area (Å²) in [6.07, 6.45) is 0. The quantitative estimate of drug-likeness (QED) is 0.190. The van der Waals surface area contributed by atoms with E-state index in [1.54, 1.807) is 44.6 Å². The molecule has 0 N–H and O–H groups in total. The number of ether oxygens (including phenoxy) is 2. The molecule has 36 heavy (non-hydrogen) atoms. The summed E-state index contributed by atoms with van der Waals surface area (Å²) < 4.78 is 16.7. The van der Waals surface area contributed by atoms with Crippen LogP contribution in [0.5, 0.6) is 11.5 Å². The van der Waals surface area contributed by atoms with Crippen LogP contribution in [0.4, 0.5) is 5.69 Å². The van der Waals surface area contributed by atoms with E-state index >= 15 is 0 Å². The molecule has 2 heterocycles. The van der Waals surface area contributed by atoms with E-state index in [1.807, 2.05) is 54.6 Å². The van der Waals surface area contributed by atoms with Crippen LogP contribution in [0, 0.1) is 10.1 Å². The molecule has 5 rings (SSSR count). The molecule has 5 aromatic rings. The average molecular weight is 479 g/mol. The molecular weight excluding hydrogens is 458 g/mol. The second-order valence-electron chi connectivity index (χ2n) is 7.89. The third kappa shape index (κ3) is 4.39. The zero-order valence-electron chi connectivity index (χ0n) is 19.5. The molecule has 3 aromatic carbocycles. The fourth-order valence-corrected chi connectivity index (χ4v) is 3.91. The van der Waals surface area contributed by atoms with E-state index in [-0.39, 0.29) is 5.69 Å². The van der Waals surface area contributed by atoms with Gasteiger partial charge in [-0.25, -0.2) is 0 Å². The van der Waals surface area contributed by atoms with Crippen LogP contribution in [-0.4, -0.2) is 29.3 Å². The van der Waals surface area contributed by atoms with Crippen LogP contribution < -0.4 is 9.47 Å². The lowest BCUT2D eigenvalue weighted by Crippen LogP contribution is -1.95. The Bertz CT molecular complexity index is 1530. The van der Waals surface area contributed by atoms with Gasteiger partial charge in [-0.15, -0.1) is 10.2 Å². The van der Waals surface area contributed by atoms with Gasteiger partial charge in [0.05, 0.1) is 30.4 Å². The lowest BCUT2D eigenvalue weighted by Gasteiger charge is -2.10. The zero-order chi connectivity index (χ0) is 25.1. The molecule has 0 atom stereocenters. The van der Waals surface area contributed by atoms with Gasteiger partial charge in [-0.3, -0.25) is 10.1 Å². The van der Waals surface area contributed by atoms with E-state index in [0.717, 1.165) is 22.6 Å². The molecule has 2 aromatic heterocycles. The minimum absolute atomic E-state index is 0.0273. The first-order valence-electron chi connectivity index (χ1n) is 11.1. The van der Waals surface area contributed by atoms with E-state index in [1.165, 1.54) is 6.07 Å². The number of furan rings is 1. The number of aromatic nitrogens is 2. The number of nitrogens with zero attached hydrogens (tertiary/aromatic N) is 3. The molecule has 0 saturated heterocycles. The summed E-state index contributed by atoms with van der Waals surface area (Å²) in [6, 6.07) is 26.9. The lowest BCUT2D eigenvalue weighted by atomic mass is 10.0. The number of rotatable bonds is 7. The van der Waals surface area contributed by atoms with Crippen molar-refractivity contribution in [1.82, 2.24) is 10.2 Å². The van der Waals surface area contributed by atoms with E-state index in [9.17, 15) is 10.1 Å². The first-order chi connectivity index (χ1) is 17.6. The van der Waals surface area contributed by atoms with E-state index in [4.69, 9.17) is 13.9 Å². The maximum atomic E-state index is 11.5. The highest BCUT2D eigenvalue weighted by molar-refractivity contribution is 5.82. The van der Waals surface area contributed by atoms with Crippen LogP contribution in [0.25, 0.3) is 45.2 Å². The highest BCUT2D eigenvalue weighted by atomic mass is 16.6. The molecule has 8 nitrogen and oxygen atoms in total. The Morgan fingerprint density at radius 1 is 0.722 bits per heavy atom. The molecule has 0 radical (unpaired) electrons. The van der Waals surface area contributed by atoms with Crippen LogP contribution in [0.1, 0.15) is 0 Å². The van der Waals surface area contributed by atoms with Crippen molar-refractivity contribution in [2.24, 2.45) is 0 Å². The molecule has 0 amide bonds. The molecule has 0 aliphatic heterocycles. The number of nitro groups is 1. The van der Waals surface area contributed by atoms with Gasteiger partial charge in [0.1, 0.15) is 28.7 Å².